The minimum absolute atomic E-state index is 0.122. The van der Waals surface area contributed by atoms with Crippen LogP contribution in [0.1, 0.15) is 35.6 Å². The maximum Gasteiger partial charge on any atom is 0.120 e. The van der Waals surface area contributed by atoms with E-state index in [1.54, 1.807) is 6.07 Å². The van der Waals surface area contributed by atoms with E-state index in [2.05, 4.69) is 12.1 Å². The van der Waals surface area contributed by atoms with Crippen molar-refractivity contribution in [1.82, 2.24) is 0 Å². The van der Waals surface area contributed by atoms with Gasteiger partial charge >= 0.3 is 0 Å². The molecule has 4 heteroatoms. The summed E-state index contributed by atoms with van der Waals surface area (Å²) in [6.45, 7) is 0.421. The maximum atomic E-state index is 6.17. The molecule has 0 saturated heterocycles. The molecule has 0 bridgehead atoms. The van der Waals surface area contributed by atoms with Crippen LogP contribution >= 0.6 is 23.2 Å². The lowest BCUT2D eigenvalue weighted by molar-refractivity contribution is 0.305. The van der Waals surface area contributed by atoms with E-state index in [4.69, 9.17) is 33.7 Å². The van der Waals surface area contributed by atoms with Gasteiger partial charge in [-0.05, 0) is 54.7 Å². The zero-order valence-corrected chi connectivity index (χ0v) is 13.1. The van der Waals surface area contributed by atoms with Crippen LogP contribution in [0.4, 0.5) is 0 Å². The van der Waals surface area contributed by atoms with Gasteiger partial charge in [-0.2, -0.15) is 0 Å². The third-order valence-electron chi connectivity index (χ3n) is 3.89. The normalized spacial score (nSPS) is 17.4. The molecule has 21 heavy (non-hydrogen) atoms. The van der Waals surface area contributed by atoms with Gasteiger partial charge < -0.3 is 10.5 Å². The first-order valence-electron chi connectivity index (χ1n) is 7.08. The Morgan fingerprint density at radius 1 is 1.14 bits per heavy atom. The van der Waals surface area contributed by atoms with E-state index in [-0.39, 0.29) is 6.04 Å². The van der Waals surface area contributed by atoms with Crippen molar-refractivity contribution in [3.63, 3.8) is 0 Å². The highest BCUT2D eigenvalue weighted by Gasteiger charge is 2.17. The summed E-state index contributed by atoms with van der Waals surface area (Å²) in [5.41, 5.74) is 9.64. The third kappa shape index (κ3) is 3.34. The number of fused-ring (bicyclic) bond motifs is 1. The minimum atomic E-state index is 0.122. The molecule has 0 unspecified atom stereocenters. The van der Waals surface area contributed by atoms with Gasteiger partial charge in [0.15, 0.2) is 0 Å². The second-order valence-corrected chi connectivity index (χ2v) is 6.23. The zero-order valence-electron chi connectivity index (χ0n) is 11.6. The number of hydrogen-bond acceptors (Lipinski definition) is 2. The molecule has 3 rings (SSSR count). The lowest BCUT2D eigenvalue weighted by Crippen LogP contribution is -2.17. The molecule has 0 aliphatic heterocycles. The predicted octanol–water partition coefficient (Wildman–Crippen LogP) is 4.91. The van der Waals surface area contributed by atoms with Crippen molar-refractivity contribution in [2.75, 3.05) is 0 Å². The van der Waals surface area contributed by atoms with Crippen LogP contribution in [0.3, 0.4) is 0 Å². The third-order valence-corrected chi connectivity index (χ3v) is 4.47. The molecule has 1 aliphatic rings. The lowest BCUT2D eigenvalue weighted by Gasteiger charge is -2.22. The molecule has 0 heterocycles. The van der Waals surface area contributed by atoms with E-state index < -0.39 is 0 Å². The SMILES string of the molecule is N[C@@H]1CCCc2ccc(OCc3ccc(Cl)cc3Cl)cc21. The summed E-state index contributed by atoms with van der Waals surface area (Å²) < 4.78 is 5.84. The molecule has 0 amide bonds. The van der Waals surface area contributed by atoms with Crippen LogP contribution in [-0.4, -0.2) is 0 Å². The zero-order chi connectivity index (χ0) is 14.8. The first-order chi connectivity index (χ1) is 10.1. The molecule has 0 radical (unpaired) electrons. The van der Waals surface area contributed by atoms with Gasteiger partial charge in [-0.25, -0.2) is 0 Å². The van der Waals surface area contributed by atoms with Crippen molar-refractivity contribution in [2.45, 2.75) is 31.9 Å². The first kappa shape index (κ1) is 14.7. The molecule has 2 aromatic rings. The molecule has 0 aromatic heterocycles. The van der Waals surface area contributed by atoms with Gasteiger partial charge in [0.25, 0.3) is 0 Å². The van der Waals surface area contributed by atoms with Crippen molar-refractivity contribution >= 4 is 23.2 Å². The van der Waals surface area contributed by atoms with E-state index in [1.807, 2.05) is 18.2 Å². The minimum Gasteiger partial charge on any atom is -0.489 e. The molecular formula is C17H17Cl2NO. The van der Waals surface area contributed by atoms with Gasteiger partial charge in [0.05, 0.1) is 0 Å². The number of hydrogen-bond donors (Lipinski definition) is 1. The van der Waals surface area contributed by atoms with Gasteiger partial charge in [-0.1, -0.05) is 35.3 Å². The molecule has 2 N–H and O–H groups in total. The Kier molecular flexibility index (Phi) is 4.39. The predicted molar refractivity (Wildman–Crippen MR) is 87.1 cm³/mol. The Morgan fingerprint density at radius 3 is 2.81 bits per heavy atom. The van der Waals surface area contributed by atoms with Crippen LogP contribution in [0.25, 0.3) is 0 Å². The van der Waals surface area contributed by atoms with Crippen LogP contribution in [0.2, 0.25) is 10.0 Å². The lowest BCUT2D eigenvalue weighted by atomic mass is 9.88. The number of benzene rings is 2. The molecule has 2 nitrogen and oxygen atoms in total. The quantitative estimate of drug-likeness (QED) is 0.871. The fraction of sp³-hybridized carbons (Fsp3) is 0.294. The van der Waals surface area contributed by atoms with Crippen molar-refractivity contribution in [2.24, 2.45) is 5.73 Å². The second-order valence-electron chi connectivity index (χ2n) is 5.38. The summed E-state index contributed by atoms with van der Waals surface area (Å²) in [7, 11) is 0. The van der Waals surface area contributed by atoms with Crippen LogP contribution < -0.4 is 10.5 Å². The van der Waals surface area contributed by atoms with Crippen molar-refractivity contribution in [3.8, 4) is 5.75 Å². The molecule has 2 aromatic carbocycles. The summed E-state index contributed by atoms with van der Waals surface area (Å²) in [6.07, 6.45) is 3.31. The van der Waals surface area contributed by atoms with Gasteiger partial charge in [0.1, 0.15) is 12.4 Å². The van der Waals surface area contributed by atoms with E-state index in [1.165, 1.54) is 11.1 Å². The van der Waals surface area contributed by atoms with E-state index >= 15 is 0 Å². The summed E-state index contributed by atoms with van der Waals surface area (Å²) >= 11 is 12.0. The fourth-order valence-electron chi connectivity index (χ4n) is 2.70. The average Bonchev–Trinajstić information content (AvgIpc) is 2.47. The van der Waals surface area contributed by atoms with Crippen molar-refractivity contribution in [1.29, 1.82) is 0 Å². The van der Waals surface area contributed by atoms with Gasteiger partial charge in [-0.3, -0.25) is 0 Å². The number of nitrogens with two attached hydrogens (primary N) is 1. The Bertz CT molecular complexity index is 657. The topological polar surface area (TPSA) is 35.2 Å². The van der Waals surface area contributed by atoms with Crippen LogP contribution in [0.15, 0.2) is 36.4 Å². The Labute approximate surface area is 134 Å². The molecule has 0 saturated carbocycles. The highest BCUT2D eigenvalue weighted by atomic mass is 35.5. The standard InChI is InChI=1S/C17H17Cl2NO/c18-13-6-4-12(16(19)8-13)10-21-14-7-5-11-2-1-3-17(20)15(11)9-14/h4-9,17H,1-3,10,20H2/t17-/m1/s1. The van der Waals surface area contributed by atoms with Crippen LogP contribution in [0.5, 0.6) is 5.75 Å². The van der Waals surface area contributed by atoms with Gasteiger partial charge in [-0.15, -0.1) is 0 Å². The number of halogens is 2. The maximum absolute atomic E-state index is 6.17. The molecule has 1 aliphatic carbocycles. The largest absolute Gasteiger partial charge is 0.489 e. The highest BCUT2D eigenvalue weighted by molar-refractivity contribution is 6.35. The summed E-state index contributed by atoms with van der Waals surface area (Å²) in [5, 5.41) is 1.25. The summed E-state index contributed by atoms with van der Waals surface area (Å²) in [5.74, 6) is 0.831. The van der Waals surface area contributed by atoms with Gasteiger partial charge in [0.2, 0.25) is 0 Å². The molecular weight excluding hydrogens is 305 g/mol. The molecule has 0 spiro atoms. The molecule has 1 atom stereocenters. The monoisotopic (exact) mass is 321 g/mol. The number of aryl methyl sites for hydroxylation is 1. The number of rotatable bonds is 3. The molecule has 0 fully saturated rings. The number of ether oxygens (including phenoxy) is 1. The van der Waals surface area contributed by atoms with E-state index in [0.717, 1.165) is 30.6 Å². The molecule has 110 valence electrons. The summed E-state index contributed by atoms with van der Waals surface area (Å²) in [6, 6.07) is 11.7. The van der Waals surface area contributed by atoms with Gasteiger partial charge in [0, 0.05) is 21.7 Å². The van der Waals surface area contributed by atoms with Crippen molar-refractivity contribution in [3.05, 3.63) is 63.1 Å². The summed E-state index contributed by atoms with van der Waals surface area (Å²) in [4.78, 5) is 0. The van der Waals surface area contributed by atoms with E-state index in [9.17, 15) is 0 Å². The Balaban J connectivity index is 1.75. The average molecular weight is 322 g/mol. The van der Waals surface area contributed by atoms with Crippen LogP contribution in [-0.2, 0) is 13.0 Å². The van der Waals surface area contributed by atoms with Crippen LogP contribution in [0, 0.1) is 0 Å². The highest BCUT2D eigenvalue weighted by Crippen LogP contribution is 2.31. The van der Waals surface area contributed by atoms with Crippen molar-refractivity contribution < 1.29 is 4.74 Å². The smallest absolute Gasteiger partial charge is 0.120 e. The first-order valence-corrected chi connectivity index (χ1v) is 7.84. The van der Waals surface area contributed by atoms with E-state index in [0.29, 0.717) is 16.7 Å². The second kappa shape index (κ2) is 6.27. The fourth-order valence-corrected chi connectivity index (χ4v) is 3.17. The Morgan fingerprint density at radius 2 is 2.00 bits per heavy atom. The Hall–Kier alpha value is -1.22.